The van der Waals surface area contributed by atoms with Gasteiger partial charge in [0.15, 0.2) is 5.13 Å². The lowest BCUT2D eigenvalue weighted by atomic mass is 10.1. The van der Waals surface area contributed by atoms with E-state index in [1.807, 2.05) is 24.4 Å². The minimum absolute atomic E-state index is 0.194. The Morgan fingerprint density at radius 3 is 2.83 bits per heavy atom. The lowest BCUT2D eigenvalue weighted by Gasteiger charge is -2.05. The Kier molecular flexibility index (Phi) is 5.35. The summed E-state index contributed by atoms with van der Waals surface area (Å²) in [4.78, 5) is 20.0. The van der Waals surface area contributed by atoms with Crippen LogP contribution in [0.3, 0.4) is 0 Å². The highest BCUT2D eigenvalue weighted by molar-refractivity contribution is 7.92. The molecule has 4 rings (SSSR count). The molecule has 1 amide bonds. The molecule has 4 aromatic rings. The van der Waals surface area contributed by atoms with E-state index in [9.17, 15) is 13.2 Å². The van der Waals surface area contributed by atoms with Gasteiger partial charge in [0.05, 0.1) is 23.6 Å². The number of nitrogens with one attached hydrogen (secondary N) is 3. The Bertz CT molecular complexity index is 1340. The van der Waals surface area contributed by atoms with E-state index >= 15 is 0 Å². The number of fused-ring (bicyclic) bond motifs is 2. The number of rotatable bonds is 7. The zero-order valence-electron chi connectivity index (χ0n) is 16.4. The summed E-state index contributed by atoms with van der Waals surface area (Å²) in [6.45, 7) is 0.477. The van der Waals surface area contributed by atoms with Crippen molar-refractivity contribution in [3.8, 4) is 5.75 Å². The first-order chi connectivity index (χ1) is 14.3. The molecule has 2 aromatic heterocycles. The van der Waals surface area contributed by atoms with E-state index in [1.165, 1.54) is 11.3 Å². The zero-order valence-corrected chi connectivity index (χ0v) is 18.0. The molecule has 0 spiro atoms. The smallest absolute Gasteiger partial charge is 0.251 e. The van der Waals surface area contributed by atoms with E-state index in [0.29, 0.717) is 24.0 Å². The number of nitrogens with zero attached hydrogens (tertiary/aromatic N) is 1. The van der Waals surface area contributed by atoms with Crippen molar-refractivity contribution in [3.05, 3.63) is 53.7 Å². The Morgan fingerprint density at radius 2 is 2.07 bits per heavy atom. The third-order valence-electron chi connectivity index (χ3n) is 4.58. The molecule has 0 aliphatic rings. The molecule has 0 bridgehead atoms. The third-order valence-corrected chi connectivity index (χ3v) is 6.20. The predicted octanol–water partition coefficient (Wildman–Crippen LogP) is 3.13. The Balaban J connectivity index is 1.43. The summed E-state index contributed by atoms with van der Waals surface area (Å²) in [6, 6.07) is 10.9. The maximum Gasteiger partial charge on any atom is 0.251 e. The molecule has 0 saturated heterocycles. The van der Waals surface area contributed by atoms with Crippen LogP contribution in [0, 0.1) is 0 Å². The number of anilines is 1. The van der Waals surface area contributed by atoms with Gasteiger partial charge in [-0.05, 0) is 48.4 Å². The topological polar surface area (TPSA) is 113 Å². The van der Waals surface area contributed by atoms with Crippen molar-refractivity contribution < 1.29 is 17.9 Å². The van der Waals surface area contributed by atoms with Gasteiger partial charge in [0.25, 0.3) is 5.91 Å². The highest BCUT2D eigenvalue weighted by Gasteiger charge is 2.12. The first-order valence-electron chi connectivity index (χ1n) is 9.13. The van der Waals surface area contributed by atoms with Crippen molar-refractivity contribution in [3.63, 3.8) is 0 Å². The number of methoxy groups -OCH3 is 1. The molecular weight excluding hydrogens is 424 g/mol. The second kappa shape index (κ2) is 7.96. The minimum Gasteiger partial charge on any atom is -0.497 e. The number of thiazole rings is 1. The average Bonchev–Trinajstić information content (AvgIpc) is 3.28. The minimum atomic E-state index is -3.40. The number of sulfonamides is 1. The number of carbonyl (C=O) groups excluding carboxylic acids is 1. The number of H-pyrrole nitrogens is 1. The number of aromatic nitrogens is 2. The van der Waals surface area contributed by atoms with E-state index in [4.69, 9.17) is 4.74 Å². The van der Waals surface area contributed by atoms with Crippen molar-refractivity contribution in [2.75, 3.05) is 24.6 Å². The predicted molar refractivity (Wildman–Crippen MR) is 119 cm³/mol. The molecule has 8 nitrogen and oxygen atoms in total. The van der Waals surface area contributed by atoms with Gasteiger partial charge in [-0.15, -0.1) is 0 Å². The summed E-state index contributed by atoms with van der Waals surface area (Å²) in [5.41, 5.74) is 3.25. The van der Waals surface area contributed by atoms with Crippen LogP contribution in [-0.2, 0) is 16.4 Å². The Hall–Kier alpha value is -3.11. The van der Waals surface area contributed by atoms with Gasteiger partial charge in [0.2, 0.25) is 10.0 Å². The number of hydrogen-bond donors (Lipinski definition) is 3. The first kappa shape index (κ1) is 20.2. The van der Waals surface area contributed by atoms with Crippen LogP contribution in [-0.4, -0.2) is 44.2 Å². The van der Waals surface area contributed by atoms with E-state index < -0.39 is 10.0 Å². The largest absolute Gasteiger partial charge is 0.497 e. The van der Waals surface area contributed by atoms with Crippen LogP contribution in [0.4, 0.5) is 5.13 Å². The van der Waals surface area contributed by atoms with Crippen LogP contribution in [0.2, 0.25) is 0 Å². The number of aromatic amines is 1. The van der Waals surface area contributed by atoms with Crippen molar-refractivity contribution in [1.29, 1.82) is 0 Å². The molecule has 0 unspecified atom stereocenters. The van der Waals surface area contributed by atoms with Crippen molar-refractivity contribution >= 4 is 53.5 Å². The van der Waals surface area contributed by atoms with Crippen LogP contribution < -0.4 is 14.8 Å². The second-order valence-corrected chi connectivity index (χ2v) is 9.59. The second-order valence-electron chi connectivity index (χ2n) is 6.81. The van der Waals surface area contributed by atoms with Gasteiger partial charge in [-0.2, -0.15) is 0 Å². The monoisotopic (exact) mass is 444 g/mol. The van der Waals surface area contributed by atoms with Crippen LogP contribution >= 0.6 is 11.3 Å². The molecule has 30 heavy (non-hydrogen) atoms. The normalized spacial score (nSPS) is 11.7. The molecule has 10 heteroatoms. The average molecular weight is 445 g/mol. The summed E-state index contributed by atoms with van der Waals surface area (Å²) >= 11 is 1.19. The molecule has 2 aromatic carbocycles. The van der Waals surface area contributed by atoms with Gasteiger partial charge in [-0.3, -0.25) is 9.52 Å². The quantitative estimate of drug-likeness (QED) is 0.405. The van der Waals surface area contributed by atoms with Gasteiger partial charge < -0.3 is 15.0 Å². The fourth-order valence-corrected chi connectivity index (χ4v) is 4.91. The number of hydrogen-bond acceptors (Lipinski definition) is 6. The van der Waals surface area contributed by atoms with Gasteiger partial charge >= 0.3 is 0 Å². The molecule has 156 valence electrons. The molecular formula is C20H20N4O4S2. The van der Waals surface area contributed by atoms with Gasteiger partial charge in [-0.1, -0.05) is 11.3 Å². The number of ether oxygens (including phenoxy) is 1. The van der Waals surface area contributed by atoms with Gasteiger partial charge in [-0.25, -0.2) is 13.4 Å². The molecule has 0 aliphatic carbocycles. The maximum absolute atomic E-state index is 12.6. The van der Waals surface area contributed by atoms with Crippen LogP contribution in [0.15, 0.2) is 42.6 Å². The molecule has 0 saturated carbocycles. The zero-order chi connectivity index (χ0) is 21.3. The lowest BCUT2D eigenvalue weighted by molar-refractivity contribution is 0.0954. The molecule has 0 fully saturated rings. The van der Waals surface area contributed by atoms with E-state index in [-0.39, 0.29) is 11.0 Å². The summed E-state index contributed by atoms with van der Waals surface area (Å²) in [5, 5.41) is 4.28. The fourth-order valence-electron chi connectivity index (χ4n) is 3.17. The molecule has 2 heterocycles. The molecule has 0 atom stereocenters. The number of amides is 1. The first-order valence-corrected chi connectivity index (χ1v) is 11.8. The van der Waals surface area contributed by atoms with Gasteiger partial charge in [0, 0.05) is 29.2 Å². The highest BCUT2D eigenvalue weighted by atomic mass is 32.2. The van der Waals surface area contributed by atoms with E-state index in [1.54, 1.807) is 25.3 Å². The number of carbonyl (C=O) groups is 1. The summed E-state index contributed by atoms with van der Waals surface area (Å²) in [6.07, 6.45) is 3.68. The molecule has 3 N–H and O–H groups in total. The van der Waals surface area contributed by atoms with Crippen molar-refractivity contribution in [2.45, 2.75) is 6.42 Å². The summed E-state index contributed by atoms with van der Waals surface area (Å²) in [7, 11) is -1.76. The van der Waals surface area contributed by atoms with E-state index in [0.717, 1.165) is 33.2 Å². The lowest BCUT2D eigenvalue weighted by Crippen LogP contribution is -2.25. The van der Waals surface area contributed by atoms with E-state index in [2.05, 4.69) is 20.0 Å². The summed E-state index contributed by atoms with van der Waals surface area (Å²) < 4.78 is 31.1. The van der Waals surface area contributed by atoms with Gasteiger partial charge in [0.1, 0.15) is 5.75 Å². The number of benzene rings is 2. The third kappa shape index (κ3) is 4.39. The standard InChI is InChI=1S/C20H20N4O4S2/c1-28-14-4-6-16-15(10-14)13(11-22-16)7-8-21-19(25)12-3-5-17-18(9-12)29-20(23-17)24-30(2,26)27/h3-6,9-11,22H,7-8H2,1-2H3,(H,21,25)(H,23,24). The molecule has 0 radical (unpaired) electrons. The Labute approximate surface area is 177 Å². The van der Waals surface area contributed by atoms with Crippen LogP contribution in [0.5, 0.6) is 5.75 Å². The fraction of sp³-hybridized carbons (Fsp3) is 0.200. The Morgan fingerprint density at radius 1 is 1.23 bits per heavy atom. The molecule has 0 aliphatic heterocycles. The van der Waals surface area contributed by atoms with Crippen molar-refractivity contribution in [2.24, 2.45) is 0 Å². The summed E-state index contributed by atoms with van der Waals surface area (Å²) in [5.74, 6) is 0.593. The van der Waals surface area contributed by atoms with Crippen LogP contribution in [0.1, 0.15) is 15.9 Å². The maximum atomic E-state index is 12.6. The van der Waals surface area contributed by atoms with Crippen LogP contribution in [0.25, 0.3) is 21.1 Å². The SMILES string of the molecule is COc1ccc2[nH]cc(CCNC(=O)c3ccc4nc(NS(C)(=O)=O)sc4c3)c2c1. The van der Waals surface area contributed by atoms with Crippen molar-refractivity contribution in [1.82, 2.24) is 15.3 Å². The highest BCUT2D eigenvalue weighted by Crippen LogP contribution is 2.27.